The molecule has 140 valence electrons. The summed E-state index contributed by atoms with van der Waals surface area (Å²) >= 11 is 5.21. The first-order chi connectivity index (χ1) is 13.6. The Morgan fingerprint density at radius 2 is 1.82 bits per heavy atom. The van der Waals surface area contributed by atoms with Crippen LogP contribution in [0.15, 0.2) is 76.6 Å². The summed E-state index contributed by atoms with van der Waals surface area (Å²) in [7, 11) is 0. The molecule has 4 aromatic rings. The van der Waals surface area contributed by atoms with Crippen molar-refractivity contribution in [3.05, 3.63) is 88.2 Å². The summed E-state index contributed by atoms with van der Waals surface area (Å²) in [6, 6.07) is 18.7. The highest BCUT2D eigenvalue weighted by Gasteiger charge is 2.16. The number of pyridine rings is 1. The van der Waals surface area contributed by atoms with Crippen LogP contribution in [0.3, 0.4) is 0 Å². The monoisotopic (exact) mass is 450 g/mol. The third-order valence-corrected chi connectivity index (χ3v) is 6.01. The predicted octanol–water partition coefficient (Wildman–Crippen LogP) is 6.00. The van der Waals surface area contributed by atoms with Gasteiger partial charge in [-0.3, -0.25) is 9.55 Å². The molecule has 2 aromatic heterocycles. The molecule has 0 aliphatic rings. The maximum atomic E-state index is 4.49. The average Bonchev–Trinajstić information content (AvgIpc) is 3.14. The van der Waals surface area contributed by atoms with Crippen molar-refractivity contribution in [1.82, 2.24) is 19.7 Å². The molecule has 0 fully saturated rings. The van der Waals surface area contributed by atoms with Gasteiger partial charge in [-0.05, 0) is 61.4 Å². The second-order valence-electron chi connectivity index (χ2n) is 6.58. The first-order valence-electron chi connectivity index (χ1n) is 8.92. The zero-order chi connectivity index (χ0) is 19.5. The van der Waals surface area contributed by atoms with Gasteiger partial charge in [0, 0.05) is 33.9 Å². The Kier molecular flexibility index (Phi) is 5.59. The van der Waals surface area contributed by atoms with Gasteiger partial charge in [-0.2, -0.15) is 0 Å². The fraction of sp³-hybridized carbons (Fsp3) is 0.136. The van der Waals surface area contributed by atoms with Crippen LogP contribution in [0.5, 0.6) is 0 Å². The summed E-state index contributed by atoms with van der Waals surface area (Å²) in [5.41, 5.74) is 5.84. The summed E-state index contributed by atoms with van der Waals surface area (Å²) in [5.74, 6) is 1.63. The van der Waals surface area contributed by atoms with Crippen molar-refractivity contribution in [1.29, 1.82) is 0 Å². The molecule has 4 rings (SSSR count). The summed E-state index contributed by atoms with van der Waals surface area (Å²) in [4.78, 5) is 4.24. The molecule has 6 heteroatoms. The quantitative estimate of drug-likeness (QED) is 0.349. The Hall–Kier alpha value is -2.44. The minimum atomic E-state index is 0.791. The van der Waals surface area contributed by atoms with Crippen LogP contribution in [0.2, 0.25) is 0 Å². The van der Waals surface area contributed by atoms with Crippen LogP contribution in [-0.4, -0.2) is 19.7 Å². The Balaban J connectivity index is 1.74. The van der Waals surface area contributed by atoms with E-state index in [-0.39, 0.29) is 0 Å². The molecule has 0 spiro atoms. The number of halogens is 1. The summed E-state index contributed by atoms with van der Waals surface area (Å²) in [5, 5.41) is 9.84. The van der Waals surface area contributed by atoms with Crippen molar-refractivity contribution < 1.29 is 0 Å². The van der Waals surface area contributed by atoms with E-state index in [1.165, 1.54) is 16.7 Å². The van der Waals surface area contributed by atoms with Gasteiger partial charge in [0.2, 0.25) is 0 Å². The van der Waals surface area contributed by atoms with Crippen molar-refractivity contribution in [2.75, 3.05) is 0 Å². The lowest BCUT2D eigenvalue weighted by atomic mass is 10.1. The van der Waals surface area contributed by atoms with E-state index in [9.17, 15) is 0 Å². The second-order valence-corrected chi connectivity index (χ2v) is 8.44. The number of hydrogen-bond acceptors (Lipinski definition) is 4. The molecule has 0 N–H and O–H groups in total. The van der Waals surface area contributed by atoms with Crippen LogP contribution < -0.4 is 0 Å². The van der Waals surface area contributed by atoms with E-state index < -0.39 is 0 Å². The zero-order valence-corrected chi connectivity index (χ0v) is 18.0. The van der Waals surface area contributed by atoms with Gasteiger partial charge in [0.15, 0.2) is 11.0 Å². The second kappa shape index (κ2) is 8.29. The van der Waals surface area contributed by atoms with E-state index in [4.69, 9.17) is 0 Å². The van der Waals surface area contributed by atoms with E-state index in [1.807, 2.05) is 30.5 Å². The molecule has 4 nitrogen and oxygen atoms in total. The van der Waals surface area contributed by atoms with E-state index in [0.717, 1.165) is 32.5 Å². The Morgan fingerprint density at radius 1 is 1.00 bits per heavy atom. The first-order valence-corrected chi connectivity index (χ1v) is 10.7. The van der Waals surface area contributed by atoms with Gasteiger partial charge >= 0.3 is 0 Å². The molecule has 2 aromatic carbocycles. The van der Waals surface area contributed by atoms with Gasteiger partial charge in [0.25, 0.3) is 0 Å². The lowest BCUT2D eigenvalue weighted by Crippen LogP contribution is -2.00. The first kappa shape index (κ1) is 18.9. The lowest BCUT2D eigenvalue weighted by molar-refractivity contribution is 0.885. The summed E-state index contributed by atoms with van der Waals surface area (Å²) in [6.07, 6.45) is 3.58. The minimum Gasteiger partial charge on any atom is -0.270 e. The van der Waals surface area contributed by atoms with E-state index in [2.05, 4.69) is 79.9 Å². The van der Waals surface area contributed by atoms with Gasteiger partial charge < -0.3 is 0 Å². The molecule has 0 bridgehead atoms. The maximum absolute atomic E-state index is 4.49. The topological polar surface area (TPSA) is 43.6 Å². The number of aryl methyl sites for hydroxylation is 2. The largest absolute Gasteiger partial charge is 0.270 e. The van der Waals surface area contributed by atoms with Crippen LogP contribution >= 0.6 is 27.7 Å². The van der Waals surface area contributed by atoms with E-state index >= 15 is 0 Å². The molecule has 0 aliphatic carbocycles. The molecule has 0 amide bonds. The normalized spacial score (nSPS) is 11.0. The van der Waals surface area contributed by atoms with Gasteiger partial charge in [0.05, 0.1) is 0 Å². The molecule has 28 heavy (non-hydrogen) atoms. The highest BCUT2D eigenvalue weighted by Crippen LogP contribution is 2.30. The van der Waals surface area contributed by atoms with Crippen molar-refractivity contribution in [3.63, 3.8) is 0 Å². The number of benzene rings is 2. The Bertz CT molecular complexity index is 1090. The average molecular weight is 451 g/mol. The van der Waals surface area contributed by atoms with Crippen LogP contribution in [0.25, 0.3) is 17.1 Å². The molecule has 0 aliphatic heterocycles. The lowest BCUT2D eigenvalue weighted by Gasteiger charge is -2.11. The molecular formula is C22H19BrN4S. The maximum Gasteiger partial charge on any atom is 0.196 e. The number of hydrogen-bond donors (Lipinski definition) is 0. The zero-order valence-electron chi connectivity index (χ0n) is 15.6. The number of aromatic nitrogens is 4. The van der Waals surface area contributed by atoms with Gasteiger partial charge in [-0.1, -0.05) is 51.5 Å². The highest BCUT2D eigenvalue weighted by molar-refractivity contribution is 9.10. The van der Waals surface area contributed by atoms with Crippen molar-refractivity contribution in [3.8, 4) is 17.1 Å². The van der Waals surface area contributed by atoms with Crippen molar-refractivity contribution in [2.24, 2.45) is 0 Å². The minimum absolute atomic E-state index is 0.791. The number of rotatable bonds is 5. The van der Waals surface area contributed by atoms with E-state index in [1.54, 1.807) is 18.0 Å². The SMILES string of the molecule is Cc1ccc(C)c(CSc2nnc(-c3cccnc3)n2-c2ccc(Br)cc2)c1. The standard InChI is InChI=1S/C22H19BrN4S/c1-15-5-6-16(2)18(12-15)14-28-22-26-25-21(17-4-3-11-24-13-17)27(22)20-9-7-19(23)8-10-20/h3-13H,14H2,1-2H3. The third-order valence-electron chi connectivity index (χ3n) is 4.50. The van der Waals surface area contributed by atoms with Gasteiger partial charge in [-0.15, -0.1) is 10.2 Å². The number of nitrogens with zero attached hydrogens (tertiary/aromatic N) is 4. The fourth-order valence-corrected chi connectivity index (χ4v) is 4.25. The Morgan fingerprint density at radius 3 is 2.57 bits per heavy atom. The van der Waals surface area contributed by atoms with Crippen LogP contribution in [0, 0.1) is 13.8 Å². The van der Waals surface area contributed by atoms with Crippen LogP contribution in [0.1, 0.15) is 16.7 Å². The molecule has 0 saturated heterocycles. The van der Waals surface area contributed by atoms with Gasteiger partial charge in [0.1, 0.15) is 0 Å². The van der Waals surface area contributed by atoms with Gasteiger partial charge in [-0.25, -0.2) is 0 Å². The predicted molar refractivity (Wildman–Crippen MR) is 118 cm³/mol. The molecule has 0 saturated carbocycles. The van der Waals surface area contributed by atoms with Crippen molar-refractivity contribution >= 4 is 27.7 Å². The fourth-order valence-electron chi connectivity index (χ4n) is 2.97. The molecular weight excluding hydrogens is 432 g/mol. The molecule has 0 radical (unpaired) electrons. The summed E-state index contributed by atoms with van der Waals surface area (Å²) < 4.78 is 3.14. The van der Waals surface area contributed by atoms with E-state index in [0.29, 0.717) is 0 Å². The number of thioether (sulfide) groups is 1. The molecule has 0 atom stereocenters. The molecule has 2 heterocycles. The van der Waals surface area contributed by atoms with Crippen molar-refractivity contribution in [2.45, 2.75) is 24.8 Å². The van der Waals surface area contributed by atoms with Crippen LogP contribution in [-0.2, 0) is 5.75 Å². The summed E-state index contributed by atoms with van der Waals surface area (Å²) in [6.45, 7) is 4.27. The van der Waals surface area contributed by atoms with Crippen LogP contribution in [0.4, 0.5) is 0 Å². The highest BCUT2D eigenvalue weighted by atomic mass is 79.9. The Labute approximate surface area is 177 Å². The smallest absolute Gasteiger partial charge is 0.196 e. The molecule has 0 unspecified atom stereocenters. The third kappa shape index (κ3) is 4.03.